The molecule has 0 aromatic heterocycles. The first-order valence-corrected chi connectivity index (χ1v) is 5.16. The molecule has 0 unspecified atom stereocenters. The minimum Gasteiger partial charge on any atom is -0.304 e. The molecule has 0 radical (unpaired) electrons. The van der Waals surface area contributed by atoms with Gasteiger partial charge in [-0.1, -0.05) is 28.9 Å². The van der Waals surface area contributed by atoms with Gasteiger partial charge >= 0.3 is 0 Å². The minimum absolute atomic E-state index is 0.573. The molecule has 2 N–H and O–H groups in total. The lowest BCUT2D eigenvalue weighted by Crippen LogP contribution is -2.05. The largest absolute Gasteiger partial charge is 0.304 e. The van der Waals surface area contributed by atoms with E-state index in [1.54, 1.807) is 0 Å². The second kappa shape index (κ2) is 5.37. The molecule has 13 heavy (non-hydrogen) atoms. The normalized spacial score (nSPS) is 10.4. The van der Waals surface area contributed by atoms with Gasteiger partial charge in [0.15, 0.2) is 0 Å². The fourth-order valence-electron chi connectivity index (χ4n) is 1.34. The molecular formula is C10H14BrNO. The van der Waals surface area contributed by atoms with Crippen molar-refractivity contribution < 1.29 is 4.84 Å². The lowest BCUT2D eigenvalue weighted by atomic mass is 10.0. The third-order valence-electron chi connectivity index (χ3n) is 2.04. The maximum Gasteiger partial charge on any atom is 0.0719 e. The monoisotopic (exact) mass is 243 g/mol. The van der Waals surface area contributed by atoms with Crippen molar-refractivity contribution in [2.75, 3.05) is 6.61 Å². The average Bonchev–Trinajstić information content (AvgIpc) is 2.15. The molecule has 3 heteroatoms. The molecule has 0 amide bonds. The number of aryl methyl sites for hydroxylation is 1. The van der Waals surface area contributed by atoms with Gasteiger partial charge in [-0.3, -0.25) is 0 Å². The summed E-state index contributed by atoms with van der Waals surface area (Å²) in [6.45, 7) is 2.72. The van der Waals surface area contributed by atoms with Crippen LogP contribution in [0.1, 0.15) is 18.1 Å². The van der Waals surface area contributed by atoms with E-state index in [0.29, 0.717) is 6.61 Å². The molecule has 0 spiro atoms. The number of nitrogens with two attached hydrogens (primary N) is 1. The van der Waals surface area contributed by atoms with E-state index in [0.717, 1.165) is 17.3 Å². The summed E-state index contributed by atoms with van der Waals surface area (Å²) in [7, 11) is 0. The molecule has 0 atom stereocenters. The van der Waals surface area contributed by atoms with Crippen LogP contribution in [0.2, 0.25) is 0 Å². The summed E-state index contributed by atoms with van der Waals surface area (Å²) in [5.74, 6) is 4.99. The predicted molar refractivity (Wildman–Crippen MR) is 57.4 cm³/mol. The SMILES string of the molecule is CCc1ccc(Br)cc1CCON. The summed E-state index contributed by atoms with van der Waals surface area (Å²) in [6.07, 6.45) is 1.92. The van der Waals surface area contributed by atoms with E-state index >= 15 is 0 Å². The van der Waals surface area contributed by atoms with Gasteiger partial charge in [-0.25, -0.2) is 5.90 Å². The second-order valence-electron chi connectivity index (χ2n) is 2.89. The highest BCUT2D eigenvalue weighted by Gasteiger charge is 2.01. The fourth-order valence-corrected chi connectivity index (χ4v) is 1.75. The molecule has 72 valence electrons. The van der Waals surface area contributed by atoms with Gasteiger partial charge in [-0.05, 0) is 36.1 Å². The van der Waals surface area contributed by atoms with Crippen LogP contribution in [0, 0.1) is 0 Å². The van der Waals surface area contributed by atoms with Gasteiger partial charge in [-0.15, -0.1) is 0 Å². The molecule has 1 rings (SSSR count). The van der Waals surface area contributed by atoms with Crippen LogP contribution in [0.15, 0.2) is 22.7 Å². The van der Waals surface area contributed by atoms with Crippen LogP contribution in [-0.2, 0) is 17.7 Å². The Kier molecular flexibility index (Phi) is 4.42. The van der Waals surface area contributed by atoms with E-state index in [1.807, 2.05) is 0 Å². The first-order chi connectivity index (χ1) is 6.27. The summed E-state index contributed by atoms with van der Waals surface area (Å²) in [4.78, 5) is 4.57. The molecule has 0 aliphatic heterocycles. The smallest absolute Gasteiger partial charge is 0.0719 e. The molecule has 0 aliphatic rings. The van der Waals surface area contributed by atoms with E-state index in [4.69, 9.17) is 5.90 Å². The van der Waals surface area contributed by atoms with Crippen molar-refractivity contribution in [3.05, 3.63) is 33.8 Å². The van der Waals surface area contributed by atoms with Crippen molar-refractivity contribution in [3.63, 3.8) is 0 Å². The number of hydrogen-bond donors (Lipinski definition) is 1. The van der Waals surface area contributed by atoms with Crippen LogP contribution < -0.4 is 5.90 Å². The van der Waals surface area contributed by atoms with Gasteiger partial charge in [0, 0.05) is 4.47 Å². The molecule has 1 aromatic rings. The van der Waals surface area contributed by atoms with Crippen LogP contribution in [0.4, 0.5) is 0 Å². The summed E-state index contributed by atoms with van der Waals surface area (Å²) in [5.41, 5.74) is 2.67. The topological polar surface area (TPSA) is 35.2 Å². The Hall–Kier alpha value is -0.380. The highest BCUT2D eigenvalue weighted by Crippen LogP contribution is 2.17. The molecule has 1 aromatic carbocycles. The Labute approximate surface area is 87.2 Å². The highest BCUT2D eigenvalue weighted by atomic mass is 79.9. The number of benzene rings is 1. The number of hydrogen-bond acceptors (Lipinski definition) is 2. The molecule has 0 fully saturated rings. The Morgan fingerprint density at radius 1 is 1.38 bits per heavy atom. The third-order valence-corrected chi connectivity index (χ3v) is 2.53. The van der Waals surface area contributed by atoms with Gasteiger partial charge < -0.3 is 4.84 Å². The highest BCUT2D eigenvalue weighted by molar-refractivity contribution is 9.10. The number of rotatable bonds is 4. The van der Waals surface area contributed by atoms with E-state index in [2.05, 4.69) is 45.9 Å². The standard InChI is InChI=1S/C10H14BrNO/c1-2-8-3-4-10(11)7-9(8)5-6-13-12/h3-4,7H,2,5-6,12H2,1H3. The van der Waals surface area contributed by atoms with E-state index in [-0.39, 0.29) is 0 Å². The van der Waals surface area contributed by atoms with Gasteiger partial charge in [0.05, 0.1) is 6.61 Å². The maximum atomic E-state index is 4.99. The van der Waals surface area contributed by atoms with Crippen molar-refractivity contribution in [1.29, 1.82) is 0 Å². The van der Waals surface area contributed by atoms with E-state index in [1.165, 1.54) is 11.1 Å². The lowest BCUT2D eigenvalue weighted by molar-refractivity contribution is 0.141. The van der Waals surface area contributed by atoms with Crippen molar-refractivity contribution in [1.82, 2.24) is 0 Å². The van der Waals surface area contributed by atoms with E-state index < -0.39 is 0 Å². The Morgan fingerprint density at radius 3 is 2.77 bits per heavy atom. The Morgan fingerprint density at radius 2 is 2.15 bits per heavy atom. The zero-order chi connectivity index (χ0) is 9.68. The predicted octanol–water partition coefficient (Wildman–Crippen LogP) is 2.44. The molecule has 0 aliphatic carbocycles. The van der Waals surface area contributed by atoms with Gasteiger partial charge in [-0.2, -0.15) is 0 Å². The summed E-state index contributed by atoms with van der Waals surface area (Å²) < 4.78 is 1.11. The molecule has 0 saturated heterocycles. The third kappa shape index (κ3) is 3.10. The Balaban J connectivity index is 2.81. The van der Waals surface area contributed by atoms with Crippen LogP contribution in [0.25, 0.3) is 0 Å². The lowest BCUT2D eigenvalue weighted by Gasteiger charge is -2.07. The molecule has 0 bridgehead atoms. The zero-order valence-electron chi connectivity index (χ0n) is 7.72. The first kappa shape index (κ1) is 10.7. The summed E-state index contributed by atoms with van der Waals surface area (Å²) in [5, 5.41) is 0. The minimum atomic E-state index is 0.573. The van der Waals surface area contributed by atoms with Gasteiger partial charge in [0.2, 0.25) is 0 Å². The molecule has 0 saturated carbocycles. The van der Waals surface area contributed by atoms with Crippen molar-refractivity contribution in [2.45, 2.75) is 19.8 Å². The summed E-state index contributed by atoms with van der Waals surface area (Å²) in [6, 6.07) is 6.32. The first-order valence-electron chi connectivity index (χ1n) is 4.37. The van der Waals surface area contributed by atoms with Gasteiger partial charge in [0.25, 0.3) is 0 Å². The van der Waals surface area contributed by atoms with E-state index in [9.17, 15) is 0 Å². The van der Waals surface area contributed by atoms with Gasteiger partial charge in [0.1, 0.15) is 0 Å². The zero-order valence-corrected chi connectivity index (χ0v) is 9.30. The van der Waals surface area contributed by atoms with Crippen LogP contribution in [-0.4, -0.2) is 6.61 Å². The van der Waals surface area contributed by atoms with Crippen molar-refractivity contribution >= 4 is 15.9 Å². The second-order valence-corrected chi connectivity index (χ2v) is 3.80. The maximum absolute atomic E-state index is 4.99. The Bertz CT molecular complexity index is 276. The summed E-state index contributed by atoms with van der Waals surface area (Å²) >= 11 is 3.45. The fraction of sp³-hybridized carbons (Fsp3) is 0.400. The molecule has 0 heterocycles. The van der Waals surface area contributed by atoms with Crippen LogP contribution in [0.5, 0.6) is 0 Å². The van der Waals surface area contributed by atoms with Crippen LogP contribution in [0.3, 0.4) is 0 Å². The number of halogens is 1. The quantitative estimate of drug-likeness (QED) is 0.825. The average molecular weight is 244 g/mol. The molecular weight excluding hydrogens is 230 g/mol. The molecule has 2 nitrogen and oxygen atoms in total. The van der Waals surface area contributed by atoms with Crippen LogP contribution >= 0.6 is 15.9 Å². The van der Waals surface area contributed by atoms with Crippen molar-refractivity contribution in [3.8, 4) is 0 Å². The van der Waals surface area contributed by atoms with Crippen molar-refractivity contribution in [2.24, 2.45) is 5.90 Å².